The van der Waals surface area contributed by atoms with Crippen LogP contribution in [-0.4, -0.2) is 67.6 Å². The summed E-state index contributed by atoms with van der Waals surface area (Å²) in [6, 6.07) is 0.260. The highest BCUT2D eigenvalue weighted by Crippen LogP contribution is 2.31. The molecule has 20 heavy (non-hydrogen) atoms. The summed E-state index contributed by atoms with van der Waals surface area (Å²) in [4.78, 5) is 16.2. The molecule has 0 spiro atoms. The van der Waals surface area contributed by atoms with Gasteiger partial charge in [-0.2, -0.15) is 0 Å². The van der Waals surface area contributed by atoms with Crippen LogP contribution in [0.5, 0.6) is 0 Å². The normalized spacial score (nSPS) is 29.2. The van der Waals surface area contributed by atoms with E-state index in [-0.39, 0.29) is 6.04 Å². The molecule has 116 valence electrons. The first-order chi connectivity index (χ1) is 9.34. The van der Waals surface area contributed by atoms with Gasteiger partial charge in [-0.3, -0.25) is 9.69 Å². The van der Waals surface area contributed by atoms with E-state index in [1.807, 2.05) is 0 Å². The largest absolute Gasteiger partial charge is 0.379 e. The quantitative estimate of drug-likeness (QED) is 0.789. The summed E-state index contributed by atoms with van der Waals surface area (Å²) in [5.74, 6) is -0.124. The third-order valence-corrected chi connectivity index (χ3v) is 4.47. The lowest BCUT2D eigenvalue weighted by Crippen LogP contribution is -2.48. The minimum absolute atomic E-state index is 0.260. The molecule has 2 atom stereocenters. The fraction of sp³-hybridized carbons (Fsp3) is 0.929. The van der Waals surface area contributed by atoms with Gasteiger partial charge < -0.3 is 9.64 Å². The van der Waals surface area contributed by atoms with Crippen LogP contribution < -0.4 is 0 Å². The minimum atomic E-state index is -2.63. The number of morpholine rings is 1. The molecule has 0 aromatic heterocycles. The van der Waals surface area contributed by atoms with Crippen LogP contribution in [0, 0.1) is 11.3 Å². The van der Waals surface area contributed by atoms with E-state index in [1.165, 1.54) is 13.8 Å². The van der Waals surface area contributed by atoms with Gasteiger partial charge >= 0.3 is 0 Å². The average molecular weight is 290 g/mol. The van der Waals surface area contributed by atoms with Gasteiger partial charge in [0, 0.05) is 32.2 Å². The summed E-state index contributed by atoms with van der Waals surface area (Å²) in [6.45, 7) is 8.99. The molecule has 2 fully saturated rings. The predicted octanol–water partition coefficient (Wildman–Crippen LogP) is 1.46. The van der Waals surface area contributed by atoms with Gasteiger partial charge in [0.15, 0.2) is 0 Å². The maximum absolute atomic E-state index is 13.0. The topological polar surface area (TPSA) is 32.8 Å². The second-order valence-electron chi connectivity index (χ2n) is 6.43. The molecule has 0 radical (unpaired) electrons. The summed E-state index contributed by atoms with van der Waals surface area (Å²) in [6.07, 6.45) is -2.63. The van der Waals surface area contributed by atoms with Crippen molar-refractivity contribution in [3.05, 3.63) is 0 Å². The second kappa shape index (κ2) is 5.93. The Hall–Kier alpha value is -0.750. The Morgan fingerprint density at radius 3 is 2.40 bits per heavy atom. The molecule has 1 amide bonds. The Morgan fingerprint density at radius 1 is 1.25 bits per heavy atom. The van der Waals surface area contributed by atoms with Crippen LogP contribution in [0.1, 0.15) is 20.8 Å². The molecule has 2 rings (SSSR count). The fourth-order valence-corrected chi connectivity index (χ4v) is 3.00. The fourth-order valence-electron chi connectivity index (χ4n) is 3.00. The lowest BCUT2D eigenvalue weighted by molar-refractivity contribution is -0.148. The van der Waals surface area contributed by atoms with Crippen LogP contribution >= 0.6 is 0 Å². The molecule has 0 aliphatic carbocycles. The highest BCUT2D eigenvalue weighted by molar-refractivity contribution is 5.82. The highest BCUT2D eigenvalue weighted by Gasteiger charge is 2.45. The highest BCUT2D eigenvalue weighted by atomic mass is 19.3. The van der Waals surface area contributed by atoms with Crippen LogP contribution in [-0.2, 0) is 9.53 Å². The smallest absolute Gasteiger partial charge is 0.252 e. The minimum Gasteiger partial charge on any atom is -0.379 e. The molecule has 4 nitrogen and oxygen atoms in total. The molecule has 0 N–H and O–H groups in total. The van der Waals surface area contributed by atoms with Gasteiger partial charge in [0.05, 0.1) is 13.2 Å². The number of hydrogen-bond acceptors (Lipinski definition) is 3. The number of ether oxygens (including phenoxy) is 1. The molecule has 6 heteroatoms. The predicted molar refractivity (Wildman–Crippen MR) is 71.7 cm³/mol. The molecule has 0 aromatic carbocycles. The van der Waals surface area contributed by atoms with E-state index in [9.17, 15) is 13.6 Å². The number of alkyl halides is 2. The van der Waals surface area contributed by atoms with Gasteiger partial charge in [-0.25, -0.2) is 8.78 Å². The van der Waals surface area contributed by atoms with Crippen LogP contribution in [0.15, 0.2) is 0 Å². The maximum atomic E-state index is 13.0. The van der Waals surface area contributed by atoms with Crippen LogP contribution in [0.4, 0.5) is 8.78 Å². The molecular formula is C14H24F2N2O2. The van der Waals surface area contributed by atoms with Crippen molar-refractivity contribution in [3.8, 4) is 0 Å². The first kappa shape index (κ1) is 15.6. The van der Waals surface area contributed by atoms with E-state index in [2.05, 4.69) is 11.8 Å². The third kappa shape index (κ3) is 2.96. The molecule has 2 saturated heterocycles. The number of nitrogens with zero attached hydrogens (tertiary/aromatic N) is 2. The molecule has 0 aromatic rings. The van der Waals surface area contributed by atoms with Gasteiger partial charge in [0.25, 0.3) is 6.43 Å². The Labute approximate surface area is 119 Å². The number of amides is 1. The number of likely N-dealkylation sites (tertiary alicyclic amines) is 1. The Bertz CT molecular complexity index is 357. The van der Waals surface area contributed by atoms with Crippen LogP contribution in [0.25, 0.3) is 0 Å². The van der Waals surface area contributed by atoms with Gasteiger partial charge in [0.2, 0.25) is 5.91 Å². The van der Waals surface area contributed by atoms with Crippen molar-refractivity contribution in [2.24, 2.45) is 11.3 Å². The molecule has 0 saturated carbocycles. The molecule has 2 aliphatic heterocycles. The second-order valence-corrected chi connectivity index (χ2v) is 6.43. The van der Waals surface area contributed by atoms with Crippen molar-refractivity contribution in [1.82, 2.24) is 9.80 Å². The van der Waals surface area contributed by atoms with Crippen molar-refractivity contribution in [1.29, 1.82) is 0 Å². The zero-order valence-corrected chi connectivity index (χ0v) is 12.4. The Kier molecular flexibility index (Phi) is 4.64. The summed E-state index contributed by atoms with van der Waals surface area (Å²) in [5, 5.41) is 0. The molecule has 2 heterocycles. The number of carbonyl (C=O) groups is 1. The van der Waals surface area contributed by atoms with Gasteiger partial charge in [-0.05, 0) is 19.8 Å². The number of rotatable bonds is 3. The van der Waals surface area contributed by atoms with Crippen molar-refractivity contribution in [2.75, 3.05) is 39.4 Å². The standard InChI is InChI=1S/C14H24F2N2O2/c1-10-8-18(13(19)14(2,3)12(15)16)9-11(10)17-4-6-20-7-5-17/h10-12H,4-9H2,1-3H3/t10-,11-/m0/s1. The van der Waals surface area contributed by atoms with E-state index >= 15 is 0 Å². The summed E-state index contributed by atoms with van der Waals surface area (Å²) in [5.41, 5.74) is -1.60. The van der Waals surface area contributed by atoms with Crippen LogP contribution in [0.2, 0.25) is 0 Å². The van der Waals surface area contributed by atoms with Gasteiger partial charge in [0.1, 0.15) is 5.41 Å². The molecule has 2 aliphatic rings. The van der Waals surface area contributed by atoms with E-state index in [0.29, 0.717) is 32.2 Å². The van der Waals surface area contributed by atoms with E-state index in [0.717, 1.165) is 13.1 Å². The first-order valence-corrected chi connectivity index (χ1v) is 7.23. The van der Waals surface area contributed by atoms with Crippen molar-refractivity contribution in [2.45, 2.75) is 33.2 Å². The van der Waals surface area contributed by atoms with Crippen molar-refractivity contribution >= 4 is 5.91 Å². The third-order valence-electron chi connectivity index (χ3n) is 4.47. The zero-order chi connectivity index (χ0) is 14.9. The van der Waals surface area contributed by atoms with Crippen LogP contribution in [0.3, 0.4) is 0 Å². The van der Waals surface area contributed by atoms with Crippen molar-refractivity contribution in [3.63, 3.8) is 0 Å². The van der Waals surface area contributed by atoms with Gasteiger partial charge in [-0.15, -0.1) is 0 Å². The number of carbonyl (C=O) groups excluding carboxylic acids is 1. The summed E-state index contributed by atoms with van der Waals surface area (Å²) >= 11 is 0. The van der Waals surface area contributed by atoms with E-state index in [4.69, 9.17) is 4.74 Å². The lowest BCUT2D eigenvalue weighted by Gasteiger charge is -2.34. The molecule has 0 bridgehead atoms. The van der Waals surface area contributed by atoms with E-state index < -0.39 is 17.7 Å². The van der Waals surface area contributed by atoms with Crippen molar-refractivity contribution < 1.29 is 18.3 Å². The van der Waals surface area contributed by atoms with Gasteiger partial charge in [-0.1, -0.05) is 6.92 Å². The number of halogens is 2. The maximum Gasteiger partial charge on any atom is 0.252 e. The first-order valence-electron chi connectivity index (χ1n) is 7.23. The zero-order valence-electron chi connectivity index (χ0n) is 12.4. The summed E-state index contributed by atoms with van der Waals surface area (Å²) < 4.78 is 31.3. The van der Waals surface area contributed by atoms with E-state index in [1.54, 1.807) is 4.90 Å². The lowest BCUT2D eigenvalue weighted by atomic mass is 9.92. The Morgan fingerprint density at radius 2 is 1.85 bits per heavy atom. The monoisotopic (exact) mass is 290 g/mol. The summed E-state index contributed by atoms with van der Waals surface area (Å²) in [7, 11) is 0. The SMILES string of the molecule is C[C@H]1CN(C(=O)C(C)(C)C(F)F)C[C@@H]1N1CCOCC1. The molecular weight excluding hydrogens is 266 g/mol. The molecule has 0 unspecified atom stereocenters. The Balaban J connectivity index is 2.01. The number of hydrogen-bond donors (Lipinski definition) is 0. The average Bonchev–Trinajstić information content (AvgIpc) is 2.80.